The van der Waals surface area contributed by atoms with Crippen LogP contribution in [0.1, 0.15) is 60.3 Å². The highest BCUT2D eigenvalue weighted by molar-refractivity contribution is 5.83. The fourth-order valence-corrected chi connectivity index (χ4v) is 1.89. The van der Waals surface area contributed by atoms with Crippen molar-refractivity contribution >= 4 is 5.97 Å². The smallest absolute Gasteiger partial charge is 0.330 e. The molecule has 2 nitrogen and oxygen atoms in total. The largest absolute Gasteiger partial charge is 0.463 e. The van der Waals surface area contributed by atoms with E-state index in [-0.39, 0.29) is 5.97 Å². The summed E-state index contributed by atoms with van der Waals surface area (Å²) < 4.78 is 18.2. The average Bonchev–Trinajstić information content (AvgIpc) is 2.27. The van der Waals surface area contributed by atoms with Crippen LogP contribution in [0.3, 0.4) is 0 Å². The lowest BCUT2D eigenvalue weighted by Gasteiger charge is -2.15. The van der Waals surface area contributed by atoms with E-state index < -0.39 is 5.67 Å². The van der Waals surface area contributed by atoms with Gasteiger partial charge in [-0.25, -0.2) is 9.18 Å². The zero-order valence-corrected chi connectivity index (χ0v) is 13.5. The number of carbonyl (C=O) groups is 1. The number of allylic oxidation sites excluding steroid dienone is 3. The average molecular weight is 284 g/mol. The molecule has 20 heavy (non-hydrogen) atoms. The SMILES string of the molecule is CCOC(=O)C=C(C)/C=C/CC(C)CCCC(C)(C)F. The standard InChI is InChI=1S/C17H29FO2/c1-6-20-16(19)13-15(3)10-7-9-14(2)11-8-12-17(4,5)18/h7,10,13-14H,6,8-9,11-12H2,1-5H3/b10-7+,15-13?. The van der Waals surface area contributed by atoms with Crippen molar-refractivity contribution in [2.45, 2.75) is 66.0 Å². The number of ether oxygens (including phenoxy) is 1. The second kappa shape index (κ2) is 9.73. The van der Waals surface area contributed by atoms with Crippen LogP contribution in [-0.4, -0.2) is 18.2 Å². The maximum atomic E-state index is 13.3. The topological polar surface area (TPSA) is 26.3 Å². The summed E-state index contributed by atoms with van der Waals surface area (Å²) in [7, 11) is 0. The fraction of sp³-hybridized carbons (Fsp3) is 0.706. The number of halogens is 1. The van der Waals surface area contributed by atoms with Gasteiger partial charge in [-0.15, -0.1) is 0 Å². The van der Waals surface area contributed by atoms with E-state index in [9.17, 15) is 9.18 Å². The van der Waals surface area contributed by atoms with Gasteiger partial charge in [0.15, 0.2) is 0 Å². The molecule has 0 N–H and O–H groups in total. The van der Waals surface area contributed by atoms with E-state index in [0.29, 0.717) is 18.9 Å². The highest BCUT2D eigenvalue weighted by Crippen LogP contribution is 2.21. The van der Waals surface area contributed by atoms with Crippen LogP contribution >= 0.6 is 0 Å². The first-order valence-electron chi connectivity index (χ1n) is 7.45. The molecular weight excluding hydrogens is 255 g/mol. The Morgan fingerprint density at radius 2 is 2.05 bits per heavy atom. The summed E-state index contributed by atoms with van der Waals surface area (Å²) in [6, 6.07) is 0. The molecule has 0 heterocycles. The molecular formula is C17H29FO2. The van der Waals surface area contributed by atoms with Crippen molar-refractivity contribution < 1.29 is 13.9 Å². The van der Waals surface area contributed by atoms with Gasteiger partial charge in [-0.1, -0.05) is 31.9 Å². The van der Waals surface area contributed by atoms with Crippen molar-refractivity contribution in [1.82, 2.24) is 0 Å². The van der Waals surface area contributed by atoms with E-state index >= 15 is 0 Å². The molecule has 0 spiro atoms. The molecule has 0 saturated carbocycles. The Morgan fingerprint density at radius 3 is 2.60 bits per heavy atom. The number of carbonyl (C=O) groups excluding carboxylic acids is 1. The van der Waals surface area contributed by atoms with Crippen LogP contribution in [0.4, 0.5) is 4.39 Å². The molecule has 0 aliphatic heterocycles. The Bertz CT molecular complexity index is 337. The second-order valence-corrected chi connectivity index (χ2v) is 5.99. The third-order valence-corrected chi connectivity index (χ3v) is 3.02. The number of alkyl halides is 1. The van der Waals surface area contributed by atoms with Crippen LogP contribution in [0, 0.1) is 5.92 Å². The van der Waals surface area contributed by atoms with E-state index in [4.69, 9.17) is 4.74 Å². The Balaban J connectivity index is 3.96. The molecule has 0 rings (SSSR count). The van der Waals surface area contributed by atoms with Crippen LogP contribution < -0.4 is 0 Å². The lowest BCUT2D eigenvalue weighted by Crippen LogP contribution is -2.11. The molecule has 0 amide bonds. The van der Waals surface area contributed by atoms with Crippen molar-refractivity contribution in [3.8, 4) is 0 Å². The molecule has 0 aromatic heterocycles. The molecule has 0 aromatic rings. The van der Waals surface area contributed by atoms with E-state index in [2.05, 4.69) is 13.0 Å². The first kappa shape index (κ1) is 18.9. The summed E-state index contributed by atoms with van der Waals surface area (Å²) in [5, 5.41) is 0. The molecule has 0 fully saturated rings. The minimum Gasteiger partial charge on any atom is -0.463 e. The molecule has 0 radical (unpaired) electrons. The monoisotopic (exact) mass is 284 g/mol. The van der Waals surface area contributed by atoms with Gasteiger partial charge in [0.25, 0.3) is 0 Å². The number of hydrogen-bond donors (Lipinski definition) is 0. The van der Waals surface area contributed by atoms with Gasteiger partial charge in [0.1, 0.15) is 5.67 Å². The number of hydrogen-bond acceptors (Lipinski definition) is 2. The molecule has 0 aromatic carbocycles. The predicted octanol–water partition coefficient (Wildman–Crippen LogP) is 5.00. The third-order valence-electron chi connectivity index (χ3n) is 3.02. The van der Waals surface area contributed by atoms with Gasteiger partial charge in [0, 0.05) is 6.08 Å². The van der Waals surface area contributed by atoms with Gasteiger partial charge in [-0.3, -0.25) is 0 Å². The summed E-state index contributed by atoms with van der Waals surface area (Å²) >= 11 is 0. The highest BCUT2D eigenvalue weighted by atomic mass is 19.1. The molecule has 3 heteroatoms. The van der Waals surface area contributed by atoms with Crippen molar-refractivity contribution in [2.75, 3.05) is 6.61 Å². The van der Waals surface area contributed by atoms with Gasteiger partial charge in [0.2, 0.25) is 0 Å². The first-order valence-corrected chi connectivity index (χ1v) is 7.45. The van der Waals surface area contributed by atoms with Crippen molar-refractivity contribution in [3.63, 3.8) is 0 Å². The molecule has 0 aliphatic carbocycles. The van der Waals surface area contributed by atoms with Crippen LogP contribution in [0.2, 0.25) is 0 Å². The van der Waals surface area contributed by atoms with Crippen LogP contribution in [0.15, 0.2) is 23.8 Å². The van der Waals surface area contributed by atoms with E-state index in [0.717, 1.165) is 24.8 Å². The van der Waals surface area contributed by atoms with Gasteiger partial charge in [0.05, 0.1) is 6.61 Å². The molecule has 116 valence electrons. The van der Waals surface area contributed by atoms with Gasteiger partial charge < -0.3 is 4.74 Å². The highest BCUT2D eigenvalue weighted by Gasteiger charge is 2.14. The zero-order valence-electron chi connectivity index (χ0n) is 13.5. The Hall–Kier alpha value is -1.12. The zero-order chi connectivity index (χ0) is 15.6. The van der Waals surface area contributed by atoms with Crippen molar-refractivity contribution in [3.05, 3.63) is 23.8 Å². The first-order chi connectivity index (χ1) is 9.24. The summed E-state index contributed by atoms with van der Waals surface area (Å²) in [5.41, 5.74) is -0.172. The normalized spacial score (nSPS) is 14.6. The third kappa shape index (κ3) is 11.9. The van der Waals surface area contributed by atoms with Crippen molar-refractivity contribution in [1.29, 1.82) is 0 Å². The van der Waals surface area contributed by atoms with Crippen LogP contribution in [0.25, 0.3) is 0 Å². The fourth-order valence-electron chi connectivity index (χ4n) is 1.89. The lowest BCUT2D eigenvalue weighted by molar-refractivity contribution is -0.137. The minimum absolute atomic E-state index is 0.298. The predicted molar refractivity (Wildman–Crippen MR) is 82.3 cm³/mol. The Morgan fingerprint density at radius 1 is 1.40 bits per heavy atom. The quantitative estimate of drug-likeness (QED) is 0.338. The van der Waals surface area contributed by atoms with E-state index in [1.54, 1.807) is 20.8 Å². The summed E-state index contributed by atoms with van der Waals surface area (Å²) in [4.78, 5) is 11.2. The van der Waals surface area contributed by atoms with E-state index in [1.165, 1.54) is 6.08 Å². The molecule has 0 saturated heterocycles. The van der Waals surface area contributed by atoms with Crippen LogP contribution in [-0.2, 0) is 9.53 Å². The van der Waals surface area contributed by atoms with Gasteiger partial charge in [-0.2, -0.15) is 0 Å². The lowest BCUT2D eigenvalue weighted by atomic mass is 9.96. The van der Waals surface area contributed by atoms with Crippen LogP contribution in [0.5, 0.6) is 0 Å². The molecule has 0 aliphatic rings. The summed E-state index contributed by atoms with van der Waals surface area (Å²) in [6.07, 6.45) is 9.00. The maximum absolute atomic E-state index is 13.3. The number of rotatable bonds is 9. The maximum Gasteiger partial charge on any atom is 0.330 e. The summed E-state index contributed by atoms with van der Waals surface area (Å²) in [5.74, 6) is 0.233. The number of esters is 1. The molecule has 1 atom stereocenters. The van der Waals surface area contributed by atoms with Gasteiger partial charge in [-0.05, 0) is 52.0 Å². The minimum atomic E-state index is -1.06. The second-order valence-electron chi connectivity index (χ2n) is 5.99. The Kier molecular flexibility index (Phi) is 9.19. The molecule has 0 bridgehead atoms. The Labute approximate surface area is 123 Å². The van der Waals surface area contributed by atoms with Crippen molar-refractivity contribution in [2.24, 2.45) is 5.92 Å². The molecule has 1 unspecified atom stereocenters. The summed E-state index contributed by atoms with van der Waals surface area (Å²) in [6.45, 7) is 9.48. The van der Waals surface area contributed by atoms with E-state index in [1.807, 2.05) is 13.0 Å². The van der Waals surface area contributed by atoms with Gasteiger partial charge >= 0.3 is 5.97 Å².